The molecule has 0 aromatic heterocycles. The van der Waals surface area contributed by atoms with Crippen LogP contribution in [0.15, 0.2) is 89.9 Å². The Morgan fingerprint density at radius 1 is 0.950 bits per heavy atom. The molecule has 2 atom stereocenters. The highest BCUT2D eigenvalue weighted by molar-refractivity contribution is 7.80. The SMILES string of the molecule is CN1C(=O)[C@H](NC(=O)[C@@H](Cc2ccccc2)NC(=S)Nc2ccccc2)N=C(C2CCCCC2)c2ccccc21. The minimum absolute atomic E-state index is 0.259. The molecule has 0 spiro atoms. The van der Waals surface area contributed by atoms with Gasteiger partial charge in [-0.2, -0.15) is 0 Å². The Morgan fingerprint density at radius 2 is 1.60 bits per heavy atom. The van der Waals surface area contributed by atoms with Gasteiger partial charge in [-0.15, -0.1) is 0 Å². The van der Waals surface area contributed by atoms with Crippen LogP contribution in [-0.2, 0) is 16.0 Å². The molecule has 0 radical (unpaired) electrons. The third-order valence-electron chi connectivity index (χ3n) is 7.58. The second kappa shape index (κ2) is 12.9. The van der Waals surface area contributed by atoms with Crippen LogP contribution < -0.4 is 20.9 Å². The Balaban J connectivity index is 1.41. The van der Waals surface area contributed by atoms with E-state index in [-0.39, 0.29) is 17.7 Å². The normalized spacial score (nSPS) is 18.1. The van der Waals surface area contributed by atoms with Crippen LogP contribution >= 0.6 is 12.2 Å². The molecule has 3 aromatic carbocycles. The van der Waals surface area contributed by atoms with Gasteiger partial charge in [0.1, 0.15) is 6.04 Å². The van der Waals surface area contributed by atoms with Gasteiger partial charge in [-0.25, -0.2) is 0 Å². The molecule has 2 aliphatic rings. The van der Waals surface area contributed by atoms with E-state index in [1.165, 1.54) is 6.42 Å². The molecule has 7 nitrogen and oxygen atoms in total. The average Bonchev–Trinajstić information content (AvgIpc) is 3.09. The van der Waals surface area contributed by atoms with Gasteiger partial charge in [-0.05, 0) is 48.8 Å². The molecule has 1 aliphatic carbocycles. The molecule has 5 rings (SSSR count). The maximum atomic E-state index is 13.8. The maximum absolute atomic E-state index is 13.8. The number of carbonyl (C=O) groups is 2. The summed E-state index contributed by atoms with van der Waals surface area (Å²) < 4.78 is 0. The van der Waals surface area contributed by atoms with Gasteiger partial charge in [0.25, 0.3) is 5.91 Å². The average molecular weight is 554 g/mol. The molecular formula is C32H35N5O2S. The number of amides is 2. The van der Waals surface area contributed by atoms with Gasteiger partial charge in [0.05, 0.1) is 11.4 Å². The molecule has 8 heteroatoms. The van der Waals surface area contributed by atoms with Crippen molar-refractivity contribution >= 4 is 46.2 Å². The zero-order valence-corrected chi connectivity index (χ0v) is 23.5. The molecule has 0 saturated heterocycles. The second-order valence-electron chi connectivity index (χ2n) is 10.4. The first-order chi connectivity index (χ1) is 19.5. The van der Waals surface area contributed by atoms with E-state index < -0.39 is 12.2 Å². The van der Waals surface area contributed by atoms with Crippen LogP contribution in [0.25, 0.3) is 0 Å². The number of para-hydroxylation sites is 2. The first-order valence-corrected chi connectivity index (χ1v) is 14.3. The fourth-order valence-corrected chi connectivity index (χ4v) is 5.75. The van der Waals surface area contributed by atoms with Crippen LogP contribution in [0, 0.1) is 5.92 Å². The summed E-state index contributed by atoms with van der Waals surface area (Å²) in [5, 5.41) is 9.60. The summed E-state index contributed by atoms with van der Waals surface area (Å²) in [7, 11) is 1.75. The van der Waals surface area contributed by atoms with Crippen LogP contribution in [0.1, 0.15) is 43.2 Å². The van der Waals surface area contributed by atoms with Crippen LogP contribution in [0.2, 0.25) is 0 Å². The molecule has 3 N–H and O–H groups in total. The van der Waals surface area contributed by atoms with Crippen molar-refractivity contribution in [1.29, 1.82) is 0 Å². The summed E-state index contributed by atoms with van der Waals surface area (Å²) in [5.41, 5.74) is 4.49. The first-order valence-electron chi connectivity index (χ1n) is 13.9. The van der Waals surface area contributed by atoms with Gasteiger partial charge in [-0.1, -0.05) is 86.0 Å². The molecule has 2 amide bonds. The van der Waals surface area contributed by atoms with Crippen molar-refractivity contribution in [3.8, 4) is 0 Å². The van der Waals surface area contributed by atoms with Gasteiger partial charge in [-0.3, -0.25) is 14.6 Å². The van der Waals surface area contributed by atoms with Crippen molar-refractivity contribution in [2.75, 3.05) is 17.3 Å². The zero-order valence-electron chi connectivity index (χ0n) is 22.7. The Hall–Kier alpha value is -4.04. The Morgan fingerprint density at radius 3 is 2.33 bits per heavy atom. The lowest BCUT2D eigenvalue weighted by atomic mass is 9.83. The standard InChI is InChI=1S/C32H35N5O2S/c1-37-27-20-12-11-19-25(27)28(23-15-7-3-8-16-23)35-29(31(37)39)36-30(38)26(21-22-13-5-2-6-14-22)34-32(40)33-24-17-9-4-10-18-24/h2,4-6,9-14,17-20,23,26,29H,3,7-8,15-16,21H2,1H3,(H,36,38)(H2,33,34,40)/t26-,29+/m1/s1. The van der Waals surface area contributed by atoms with Gasteiger partial charge >= 0.3 is 0 Å². The molecule has 0 bridgehead atoms. The van der Waals surface area contributed by atoms with Crippen molar-refractivity contribution in [3.05, 3.63) is 96.1 Å². The maximum Gasteiger partial charge on any atom is 0.272 e. The minimum Gasteiger partial charge on any atom is -0.350 e. The molecule has 1 heterocycles. The molecule has 1 saturated carbocycles. The van der Waals surface area contributed by atoms with E-state index in [1.807, 2.05) is 84.9 Å². The molecule has 40 heavy (non-hydrogen) atoms. The van der Waals surface area contributed by atoms with Crippen molar-refractivity contribution in [1.82, 2.24) is 10.6 Å². The fraction of sp³-hybridized carbons (Fsp3) is 0.312. The van der Waals surface area contributed by atoms with Gasteiger partial charge in [0, 0.05) is 30.6 Å². The number of anilines is 2. The molecule has 0 unspecified atom stereocenters. The van der Waals surface area contributed by atoms with Crippen molar-refractivity contribution in [2.45, 2.75) is 50.7 Å². The van der Waals surface area contributed by atoms with E-state index in [0.717, 1.165) is 53.9 Å². The molecule has 206 valence electrons. The van der Waals surface area contributed by atoms with E-state index in [4.69, 9.17) is 17.2 Å². The number of likely N-dealkylation sites (N-methyl/N-ethyl adjacent to an activating group) is 1. The summed E-state index contributed by atoms with van der Waals surface area (Å²) in [4.78, 5) is 34.1. The topological polar surface area (TPSA) is 85.8 Å². The third-order valence-corrected chi connectivity index (χ3v) is 7.80. The van der Waals surface area contributed by atoms with Gasteiger partial charge in [0.15, 0.2) is 5.11 Å². The number of nitrogens with zero attached hydrogens (tertiary/aromatic N) is 2. The summed E-state index contributed by atoms with van der Waals surface area (Å²) in [5.74, 6) is -0.352. The van der Waals surface area contributed by atoms with E-state index in [2.05, 4.69) is 16.0 Å². The number of thiocarbonyl (C=S) groups is 1. The lowest BCUT2D eigenvalue weighted by Gasteiger charge is -2.25. The quantitative estimate of drug-likeness (QED) is 0.356. The number of carbonyl (C=O) groups excluding carboxylic acids is 2. The molecule has 3 aromatic rings. The fourth-order valence-electron chi connectivity index (χ4n) is 5.49. The van der Waals surface area contributed by atoms with Crippen molar-refractivity contribution in [2.24, 2.45) is 10.9 Å². The number of benzene rings is 3. The molecule has 1 aliphatic heterocycles. The van der Waals surface area contributed by atoms with E-state index in [0.29, 0.717) is 11.5 Å². The smallest absolute Gasteiger partial charge is 0.272 e. The Bertz CT molecular complexity index is 1370. The molecular weight excluding hydrogens is 518 g/mol. The number of nitrogens with one attached hydrogen (secondary N) is 3. The highest BCUT2D eigenvalue weighted by Crippen LogP contribution is 2.33. The lowest BCUT2D eigenvalue weighted by molar-refractivity contribution is -0.128. The highest BCUT2D eigenvalue weighted by atomic mass is 32.1. The number of hydrogen-bond donors (Lipinski definition) is 3. The second-order valence-corrected chi connectivity index (χ2v) is 10.8. The minimum atomic E-state index is -1.03. The summed E-state index contributed by atoms with van der Waals surface area (Å²) >= 11 is 5.56. The zero-order chi connectivity index (χ0) is 27.9. The summed E-state index contributed by atoms with van der Waals surface area (Å²) in [6.45, 7) is 0. The number of fused-ring (bicyclic) bond motifs is 1. The van der Waals surface area contributed by atoms with Crippen molar-refractivity contribution in [3.63, 3.8) is 0 Å². The predicted molar refractivity (Wildman–Crippen MR) is 165 cm³/mol. The van der Waals surface area contributed by atoms with Crippen LogP contribution in [0.3, 0.4) is 0 Å². The summed E-state index contributed by atoms with van der Waals surface area (Å²) in [6.07, 6.45) is 4.92. The molecule has 1 fully saturated rings. The number of rotatable bonds is 7. The lowest BCUT2D eigenvalue weighted by Crippen LogP contribution is -2.54. The number of hydrogen-bond acceptors (Lipinski definition) is 4. The number of benzodiazepines with no additional fused rings is 1. The Kier molecular flexibility index (Phi) is 8.86. The van der Waals surface area contributed by atoms with E-state index in [1.54, 1.807) is 11.9 Å². The predicted octanol–water partition coefficient (Wildman–Crippen LogP) is 5.07. The van der Waals surface area contributed by atoms with Gasteiger partial charge in [0.2, 0.25) is 12.1 Å². The largest absolute Gasteiger partial charge is 0.350 e. The van der Waals surface area contributed by atoms with Crippen molar-refractivity contribution < 1.29 is 9.59 Å². The van der Waals surface area contributed by atoms with E-state index >= 15 is 0 Å². The monoisotopic (exact) mass is 553 g/mol. The van der Waals surface area contributed by atoms with Crippen LogP contribution in [0.5, 0.6) is 0 Å². The van der Waals surface area contributed by atoms with E-state index in [9.17, 15) is 9.59 Å². The van der Waals surface area contributed by atoms with Crippen LogP contribution in [0.4, 0.5) is 11.4 Å². The number of aliphatic imine (C=N–C) groups is 1. The first kappa shape index (κ1) is 27.5. The third kappa shape index (κ3) is 6.57. The highest BCUT2D eigenvalue weighted by Gasteiger charge is 2.34. The Labute approximate surface area is 241 Å². The summed E-state index contributed by atoms with van der Waals surface area (Å²) in [6, 6.07) is 26.5. The van der Waals surface area contributed by atoms with Gasteiger partial charge < -0.3 is 20.9 Å². The van der Waals surface area contributed by atoms with Crippen LogP contribution in [-0.4, -0.2) is 41.9 Å².